The minimum Gasteiger partial charge on any atom is -0.496 e. The van der Waals surface area contributed by atoms with Crippen LogP contribution in [0.1, 0.15) is 24.8 Å². The van der Waals surface area contributed by atoms with Crippen molar-refractivity contribution in [2.24, 2.45) is 5.92 Å². The Balaban J connectivity index is 2.05. The van der Waals surface area contributed by atoms with E-state index in [1.807, 2.05) is 25.2 Å². The molecule has 0 bridgehead atoms. The van der Waals surface area contributed by atoms with Gasteiger partial charge >= 0.3 is 0 Å². The second-order valence-corrected chi connectivity index (χ2v) is 5.26. The van der Waals surface area contributed by atoms with Crippen LogP contribution < -0.4 is 10.1 Å². The van der Waals surface area contributed by atoms with E-state index < -0.39 is 0 Å². The van der Waals surface area contributed by atoms with E-state index in [4.69, 9.17) is 16.3 Å². The number of methoxy groups -OCH3 is 1. The first-order valence-corrected chi connectivity index (χ1v) is 6.60. The Kier molecular flexibility index (Phi) is 4.30. The zero-order valence-electron chi connectivity index (χ0n) is 10.5. The van der Waals surface area contributed by atoms with Gasteiger partial charge in [-0.3, -0.25) is 0 Å². The lowest BCUT2D eigenvalue weighted by molar-refractivity contribution is 0.403. The van der Waals surface area contributed by atoms with Gasteiger partial charge in [-0.2, -0.15) is 0 Å². The quantitative estimate of drug-likeness (QED) is 0.889. The van der Waals surface area contributed by atoms with Gasteiger partial charge < -0.3 is 10.1 Å². The summed E-state index contributed by atoms with van der Waals surface area (Å²) < 4.78 is 5.39. The SMILES string of the molecule is CNC1CCC(Cc2cc(Cl)ccc2OC)C1. The normalized spacial score (nSPS) is 23.9. The number of nitrogens with one attached hydrogen (secondary N) is 1. The molecule has 2 atom stereocenters. The Morgan fingerprint density at radius 2 is 2.24 bits per heavy atom. The van der Waals surface area contributed by atoms with Crippen molar-refractivity contribution in [3.8, 4) is 5.75 Å². The molecule has 1 N–H and O–H groups in total. The van der Waals surface area contributed by atoms with Gasteiger partial charge in [0.15, 0.2) is 0 Å². The molecule has 1 aliphatic rings. The molecule has 1 aliphatic carbocycles. The lowest BCUT2D eigenvalue weighted by atomic mass is 9.97. The number of ether oxygens (including phenoxy) is 1. The number of rotatable bonds is 4. The topological polar surface area (TPSA) is 21.3 Å². The minimum atomic E-state index is 0.685. The highest BCUT2D eigenvalue weighted by Gasteiger charge is 2.24. The molecule has 3 heteroatoms. The molecule has 2 unspecified atom stereocenters. The molecule has 0 aromatic heterocycles. The van der Waals surface area contributed by atoms with Crippen LogP contribution in [0.5, 0.6) is 5.75 Å². The summed E-state index contributed by atoms with van der Waals surface area (Å²) in [6.07, 6.45) is 4.90. The molecule has 0 amide bonds. The first-order chi connectivity index (χ1) is 8.22. The van der Waals surface area contributed by atoms with Crippen LogP contribution in [0.25, 0.3) is 0 Å². The van der Waals surface area contributed by atoms with Crippen molar-refractivity contribution < 1.29 is 4.74 Å². The van der Waals surface area contributed by atoms with Gasteiger partial charge in [0.2, 0.25) is 0 Å². The highest BCUT2D eigenvalue weighted by molar-refractivity contribution is 6.30. The van der Waals surface area contributed by atoms with E-state index in [9.17, 15) is 0 Å². The van der Waals surface area contributed by atoms with Gasteiger partial charge in [0, 0.05) is 11.1 Å². The highest BCUT2D eigenvalue weighted by Crippen LogP contribution is 2.32. The van der Waals surface area contributed by atoms with Gasteiger partial charge in [-0.15, -0.1) is 0 Å². The highest BCUT2D eigenvalue weighted by atomic mass is 35.5. The van der Waals surface area contributed by atoms with Crippen molar-refractivity contribution >= 4 is 11.6 Å². The van der Waals surface area contributed by atoms with Crippen LogP contribution in [-0.2, 0) is 6.42 Å². The molecule has 2 rings (SSSR count). The van der Waals surface area contributed by atoms with Gasteiger partial charge in [0.25, 0.3) is 0 Å². The summed E-state index contributed by atoms with van der Waals surface area (Å²) in [5, 5.41) is 4.16. The van der Waals surface area contributed by atoms with Gasteiger partial charge in [0.05, 0.1) is 7.11 Å². The molecule has 1 saturated carbocycles. The molecule has 94 valence electrons. The second-order valence-electron chi connectivity index (χ2n) is 4.82. The van der Waals surface area contributed by atoms with E-state index in [1.54, 1.807) is 7.11 Å². The Bertz CT molecular complexity index is 380. The molecule has 2 nitrogen and oxygen atoms in total. The Morgan fingerprint density at radius 1 is 1.41 bits per heavy atom. The third-order valence-electron chi connectivity index (χ3n) is 3.70. The zero-order chi connectivity index (χ0) is 12.3. The monoisotopic (exact) mass is 253 g/mol. The Labute approximate surface area is 108 Å². The van der Waals surface area contributed by atoms with Crippen molar-refractivity contribution in [2.45, 2.75) is 31.7 Å². The second kappa shape index (κ2) is 5.74. The molecule has 0 radical (unpaired) electrons. The van der Waals surface area contributed by atoms with Crippen LogP contribution >= 0.6 is 11.6 Å². The zero-order valence-corrected chi connectivity index (χ0v) is 11.3. The van der Waals surface area contributed by atoms with E-state index in [0.29, 0.717) is 6.04 Å². The lowest BCUT2D eigenvalue weighted by Gasteiger charge is -2.14. The summed E-state index contributed by atoms with van der Waals surface area (Å²) in [5.74, 6) is 1.71. The fraction of sp³-hybridized carbons (Fsp3) is 0.571. The van der Waals surface area contributed by atoms with Crippen LogP contribution in [0, 0.1) is 5.92 Å². The predicted molar refractivity (Wildman–Crippen MR) is 71.9 cm³/mol. The van der Waals surface area contributed by atoms with Crippen LogP contribution in [0.4, 0.5) is 0 Å². The maximum absolute atomic E-state index is 6.05. The van der Waals surface area contributed by atoms with Gasteiger partial charge in [0.1, 0.15) is 5.75 Å². The summed E-state index contributed by atoms with van der Waals surface area (Å²) in [4.78, 5) is 0. The van der Waals surface area contributed by atoms with Crippen LogP contribution in [0.2, 0.25) is 5.02 Å². The van der Waals surface area contributed by atoms with E-state index in [0.717, 1.165) is 23.1 Å². The fourth-order valence-corrected chi connectivity index (χ4v) is 2.93. The van der Waals surface area contributed by atoms with Gasteiger partial charge in [-0.05, 0) is 62.4 Å². The summed E-state index contributed by atoms with van der Waals surface area (Å²) >= 11 is 6.05. The smallest absolute Gasteiger partial charge is 0.122 e. The van der Waals surface area contributed by atoms with E-state index in [-0.39, 0.29) is 0 Å². The molecule has 0 saturated heterocycles. The molecule has 0 aliphatic heterocycles. The number of benzene rings is 1. The molecule has 17 heavy (non-hydrogen) atoms. The largest absolute Gasteiger partial charge is 0.496 e. The maximum Gasteiger partial charge on any atom is 0.122 e. The minimum absolute atomic E-state index is 0.685. The third kappa shape index (κ3) is 3.14. The van der Waals surface area contributed by atoms with Crippen molar-refractivity contribution in [1.29, 1.82) is 0 Å². The fourth-order valence-electron chi connectivity index (χ4n) is 2.74. The Morgan fingerprint density at radius 3 is 2.88 bits per heavy atom. The van der Waals surface area contributed by atoms with Gasteiger partial charge in [-0.1, -0.05) is 11.6 Å². The van der Waals surface area contributed by atoms with Crippen LogP contribution in [0.15, 0.2) is 18.2 Å². The molecule has 1 fully saturated rings. The van der Waals surface area contributed by atoms with E-state index in [1.165, 1.54) is 24.8 Å². The summed E-state index contributed by atoms with van der Waals surface area (Å²) in [6.45, 7) is 0. The number of halogens is 1. The van der Waals surface area contributed by atoms with Crippen LogP contribution in [0.3, 0.4) is 0 Å². The van der Waals surface area contributed by atoms with Gasteiger partial charge in [-0.25, -0.2) is 0 Å². The first kappa shape index (κ1) is 12.7. The predicted octanol–water partition coefficient (Wildman–Crippen LogP) is 3.28. The molecule has 1 aromatic carbocycles. The number of hydrogen-bond donors (Lipinski definition) is 1. The summed E-state index contributed by atoms with van der Waals surface area (Å²) in [6, 6.07) is 6.56. The molecule has 1 aromatic rings. The summed E-state index contributed by atoms with van der Waals surface area (Å²) in [7, 11) is 3.77. The van der Waals surface area contributed by atoms with E-state index >= 15 is 0 Å². The molecular formula is C14H20ClNO. The lowest BCUT2D eigenvalue weighted by Crippen LogP contribution is -2.21. The molecule has 0 heterocycles. The third-order valence-corrected chi connectivity index (χ3v) is 3.94. The first-order valence-electron chi connectivity index (χ1n) is 6.22. The van der Waals surface area contributed by atoms with E-state index in [2.05, 4.69) is 5.32 Å². The maximum atomic E-state index is 6.05. The summed E-state index contributed by atoms with van der Waals surface area (Å²) in [5.41, 5.74) is 1.24. The van der Waals surface area contributed by atoms with Crippen molar-refractivity contribution in [3.63, 3.8) is 0 Å². The average molecular weight is 254 g/mol. The molecular weight excluding hydrogens is 234 g/mol. The Hall–Kier alpha value is -0.730. The van der Waals surface area contributed by atoms with Crippen molar-refractivity contribution in [2.75, 3.05) is 14.2 Å². The standard InChI is InChI=1S/C14H20ClNO/c1-16-13-5-3-10(8-13)7-11-9-12(15)4-6-14(11)17-2/h4,6,9-10,13,16H,3,5,7-8H2,1-2H3. The van der Waals surface area contributed by atoms with Crippen LogP contribution in [-0.4, -0.2) is 20.2 Å². The average Bonchev–Trinajstić information content (AvgIpc) is 2.77. The van der Waals surface area contributed by atoms with Crippen molar-refractivity contribution in [3.05, 3.63) is 28.8 Å². The molecule has 0 spiro atoms. The van der Waals surface area contributed by atoms with Crippen molar-refractivity contribution in [1.82, 2.24) is 5.32 Å². The number of hydrogen-bond acceptors (Lipinski definition) is 2.